The van der Waals surface area contributed by atoms with Crippen molar-refractivity contribution < 1.29 is 9.59 Å². The second-order valence-corrected chi connectivity index (χ2v) is 9.34. The monoisotopic (exact) mass is 423 g/mol. The lowest BCUT2D eigenvalue weighted by Gasteiger charge is -2.14. The lowest BCUT2D eigenvalue weighted by atomic mass is 10.0. The van der Waals surface area contributed by atoms with Crippen molar-refractivity contribution in [2.24, 2.45) is 4.99 Å². The van der Waals surface area contributed by atoms with Crippen molar-refractivity contribution >= 4 is 40.1 Å². The van der Waals surface area contributed by atoms with Crippen LogP contribution in [0.4, 0.5) is 11.4 Å². The Kier molecular flexibility index (Phi) is 6.66. The number of thioether (sulfide) groups is 1. The van der Waals surface area contributed by atoms with Crippen molar-refractivity contribution in [2.45, 2.75) is 52.2 Å². The number of nitrogens with one attached hydrogen (secondary N) is 1. The van der Waals surface area contributed by atoms with Gasteiger partial charge in [0.25, 0.3) is 0 Å². The van der Waals surface area contributed by atoms with Gasteiger partial charge in [-0.05, 0) is 55.5 Å². The molecule has 6 heteroatoms. The SMILES string of the molecule is Cc1cc(C)c(NC(=O)CC2SC(=Nc3ccc(C(C)C)cc3)N(C)C2=O)c(C)c1. The maximum Gasteiger partial charge on any atom is 0.242 e. The van der Waals surface area contributed by atoms with E-state index < -0.39 is 5.25 Å². The van der Waals surface area contributed by atoms with Crippen LogP contribution < -0.4 is 5.32 Å². The lowest BCUT2D eigenvalue weighted by Crippen LogP contribution is -2.30. The Hall–Kier alpha value is -2.60. The summed E-state index contributed by atoms with van der Waals surface area (Å²) in [7, 11) is 1.71. The van der Waals surface area contributed by atoms with E-state index in [1.54, 1.807) is 11.9 Å². The van der Waals surface area contributed by atoms with Gasteiger partial charge in [0.1, 0.15) is 5.25 Å². The van der Waals surface area contributed by atoms with Crippen LogP contribution >= 0.6 is 11.8 Å². The summed E-state index contributed by atoms with van der Waals surface area (Å²) in [6, 6.07) is 12.1. The average Bonchev–Trinajstić information content (AvgIpc) is 2.93. The quantitative estimate of drug-likeness (QED) is 0.707. The van der Waals surface area contributed by atoms with Crippen molar-refractivity contribution in [3.8, 4) is 0 Å². The van der Waals surface area contributed by atoms with Gasteiger partial charge in [-0.25, -0.2) is 4.99 Å². The number of aliphatic imine (C=N–C) groups is 1. The molecule has 1 saturated heterocycles. The maximum atomic E-state index is 12.7. The molecule has 0 aromatic heterocycles. The van der Waals surface area contributed by atoms with Gasteiger partial charge in [-0.2, -0.15) is 0 Å². The fourth-order valence-electron chi connectivity index (χ4n) is 3.58. The second-order valence-electron chi connectivity index (χ2n) is 8.17. The highest BCUT2D eigenvalue weighted by molar-refractivity contribution is 8.15. The summed E-state index contributed by atoms with van der Waals surface area (Å²) in [5, 5.41) is 3.15. The van der Waals surface area contributed by atoms with Gasteiger partial charge in [-0.3, -0.25) is 14.5 Å². The van der Waals surface area contributed by atoms with Gasteiger partial charge in [0.15, 0.2) is 5.17 Å². The van der Waals surface area contributed by atoms with E-state index in [0.29, 0.717) is 11.1 Å². The summed E-state index contributed by atoms with van der Waals surface area (Å²) in [6.07, 6.45) is 0.117. The molecule has 0 saturated carbocycles. The van der Waals surface area contributed by atoms with Crippen molar-refractivity contribution in [2.75, 3.05) is 12.4 Å². The van der Waals surface area contributed by atoms with Crippen LogP contribution in [0.5, 0.6) is 0 Å². The first-order valence-corrected chi connectivity index (χ1v) is 11.0. The summed E-state index contributed by atoms with van der Waals surface area (Å²) < 4.78 is 0. The first-order chi connectivity index (χ1) is 14.2. The molecule has 2 aromatic rings. The third kappa shape index (κ3) is 4.93. The van der Waals surface area contributed by atoms with Crippen LogP contribution in [-0.2, 0) is 9.59 Å². The molecule has 2 amide bonds. The highest BCUT2D eigenvalue weighted by Crippen LogP contribution is 2.31. The fraction of sp³-hybridized carbons (Fsp3) is 0.375. The summed E-state index contributed by atoms with van der Waals surface area (Å²) in [6.45, 7) is 10.3. The number of amidine groups is 1. The minimum atomic E-state index is -0.463. The molecule has 1 heterocycles. The molecule has 1 aliphatic rings. The first kappa shape index (κ1) is 22.1. The third-order valence-electron chi connectivity index (χ3n) is 5.24. The number of amides is 2. The summed E-state index contributed by atoms with van der Waals surface area (Å²) in [5.74, 6) is 0.206. The predicted molar refractivity (Wildman–Crippen MR) is 126 cm³/mol. The number of rotatable bonds is 5. The van der Waals surface area contributed by atoms with Crippen LogP contribution in [0.15, 0.2) is 41.4 Å². The van der Waals surface area contributed by atoms with Crippen molar-refractivity contribution in [1.29, 1.82) is 0 Å². The van der Waals surface area contributed by atoms with Gasteiger partial charge in [-0.1, -0.05) is 55.4 Å². The molecule has 1 atom stereocenters. The molecule has 158 valence electrons. The van der Waals surface area contributed by atoms with E-state index in [4.69, 9.17) is 0 Å². The van der Waals surface area contributed by atoms with E-state index in [2.05, 4.69) is 36.3 Å². The average molecular weight is 424 g/mol. The summed E-state index contributed by atoms with van der Waals surface area (Å²) in [5.41, 5.74) is 6.09. The van der Waals surface area contributed by atoms with Crippen molar-refractivity contribution in [3.63, 3.8) is 0 Å². The predicted octanol–water partition coefficient (Wildman–Crippen LogP) is 5.33. The normalized spacial score (nSPS) is 17.8. The van der Waals surface area contributed by atoms with Gasteiger partial charge >= 0.3 is 0 Å². The highest BCUT2D eigenvalue weighted by Gasteiger charge is 2.37. The smallest absolute Gasteiger partial charge is 0.242 e. The van der Waals surface area contributed by atoms with Crippen LogP contribution in [0, 0.1) is 20.8 Å². The standard InChI is InChI=1S/C24H29N3O2S/c1-14(2)18-7-9-19(10-8-18)25-24-27(6)23(29)20(30-24)13-21(28)26-22-16(4)11-15(3)12-17(22)5/h7-12,14,20H,13H2,1-6H3,(H,26,28). The molecule has 0 bridgehead atoms. The summed E-state index contributed by atoms with van der Waals surface area (Å²) >= 11 is 1.35. The van der Waals surface area contributed by atoms with Crippen LogP contribution in [0.2, 0.25) is 0 Å². The Labute approximate surface area is 183 Å². The van der Waals surface area contributed by atoms with Crippen LogP contribution in [0.3, 0.4) is 0 Å². The van der Waals surface area contributed by atoms with Crippen LogP contribution in [-0.4, -0.2) is 34.2 Å². The Bertz CT molecular complexity index is 973. The van der Waals surface area contributed by atoms with Crippen LogP contribution in [0.25, 0.3) is 0 Å². The number of carbonyl (C=O) groups excluding carboxylic acids is 2. The maximum absolute atomic E-state index is 12.7. The van der Waals surface area contributed by atoms with Crippen molar-refractivity contribution in [3.05, 3.63) is 58.7 Å². The molecule has 1 aliphatic heterocycles. The molecule has 3 rings (SSSR count). The number of anilines is 1. The van der Waals surface area contributed by atoms with E-state index in [1.165, 1.54) is 17.3 Å². The van der Waals surface area contributed by atoms with E-state index in [-0.39, 0.29) is 18.2 Å². The van der Waals surface area contributed by atoms with Gasteiger partial charge in [0.05, 0.1) is 5.69 Å². The Morgan fingerprint density at radius 1 is 1.13 bits per heavy atom. The largest absolute Gasteiger partial charge is 0.326 e. The number of carbonyl (C=O) groups is 2. The van der Waals surface area contributed by atoms with E-state index >= 15 is 0 Å². The molecule has 5 nitrogen and oxygen atoms in total. The number of hydrogen-bond acceptors (Lipinski definition) is 4. The Balaban J connectivity index is 1.69. The zero-order valence-electron chi connectivity index (χ0n) is 18.4. The van der Waals surface area contributed by atoms with Gasteiger partial charge in [-0.15, -0.1) is 0 Å². The topological polar surface area (TPSA) is 61.8 Å². The molecule has 1 fully saturated rings. The minimum Gasteiger partial charge on any atom is -0.326 e. The molecule has 1 N–H and O–H groups in total. The van der Waals surface area contributed by atoms with Crippen molar-refractivity contribution in [1.82, 2.24) is 4.90 Å². The molecular weight excluding hydrogens is 394 g/mol. The number of nitrogens with zero attached hydrogens (tertiary/aromatic N) is 2. The van der Waals surface area contributed by atoms with Crippen LogP contribution in [0.1, 0.15) is 48.4 Å². The van der Waals surface area contributed by atoms with Gasteiger partial charge in [0.2, 0.25) is 11.8 Å². The number of hydrogen-bond donors (Lipinski definition) is 1. The zero-order chi connectivity index (χ0) is 22.0. The molecule has 0 aliphatic carbocycles. The second kappa shape index (κ2) is 9.04. The highest BCUT2D eigenvalue weighted by atomic mass is 32.2. The fourth-order valence-corrected chi connectivity index (χ4v) is 4.73. The Morgan fingerprint density at radius 3 is 2.30 bits per heavy atom. The van der Waals surface area contributed by atoms with Gasteiger partial charge in [0, 0.05) is 19.2 Å². The Morgan fingerprint density at radius 2 is 1.73 bits per heavy atom. The van der Waals surface area contributed by atoms with Gasteiger partial charge < -0.3 is 5.32 Å². The van der Waals surface area contributed by atoms with E-state index in [9.17, 15) is 9.59 Å². The van der Waals surface area contributed by atoms with E-state index in [0.717, 1.165) is 28.1 Å². The molecule has 0 radical (unpaired) electrons. The first-order valence-electron chi connectivity index (χ1n) is 10.2. The molecule has 0 spiro atoms. The third-order valence-corrected chi connectivity index (χ3v) is 6.47. The molecule has 1 unspecified atom stereocenters. The molecular formula is C24H29N3O2S. The number of benzene rings is 2. The lowest BCUT2D eigenvalue weighted by molar-refractivity contribution is -0.127. The summed E-state index contributed by atoms with van der Waals surface area (Å²) in [4.78, 5) is 31.5. The minimum absolute atomic E-state index is 0.0925. The number of aryl methyl sites for hydroxylation is 3. The zero-order valence-corrected chi connectivity index (χ0v) is 19.3. The molecule has 30 heavy (non-hydrogen) atoms. The molecule has 2 aromatic carbocycles. The van der Waals surface area contributed by atoms with E-state index in [1.807, 2.05) is 45.0 Å².